The number of rotatable bonds is 6. The lowest BCUT2D eigenvalue weighted by atomic mass is 10.2. The number of carbonyl (C=O) groups excluding carboxylic acids is 1. The number of carboxylic acids is 1. The maximum absolute atomic E-state index is 12.5. The summed E-state index contributed by atoms with van der Waals surface area (Å²) in [6.45, 7) is 1.54. The van der Waals surface area contributed by atoms with Crippen LogP contribution in [0.1, 0.15) is 12.0 Å². The van der Waals surface area contributed by atoms with E-state index in [0.29, 0.717) is 19.8 Å². The summed E-state index contributed by atoms with van der Waals surface area (Å²) < 4.78 is 11.6. The molecule has 1 saturated heterocycles. The highest BCUT2D eigenvalue weighted by Crippen LogP contribution is 2.15. The van der Waals surface area contributed by atoms with Crippen LogP contribution < -0.4 is 0 Å². The summed E-state index contributed by atoms with van der Waals surface area (Å²) in [5.41, 5.74) is 0.921. The molecule has 1 fully saturated rings. The van der Waals surface area contributed by atoms with Crippen LogP contribution in [-0.2, 0) is 25.6 Å². The number of benzene rings is 1. The van der Waals surface area contributed by atoms with E-state index in [4.69, 9.17) is 14.6 Å². The van der Waals surface area contributed by atoms with Gasteiger partial charge in [0.25, 0.3) is 5.91 Å². The van der Waals surface area contributed by atoms with Crippen LogP contribution in [0.3, 0.4) is 0 Å². The number of halogens is 1. The number of ether oxygens (including phenoxy) is 2. The van der Waals surface area contributed by atoms with Crippen molar-refractivity contribution in [1.82, 2.24) is 4.90 Å². The Balaban J connectivity index is 2.07. The van der Waals surface area contributed by atoms with Gasteiger partial charge < -0.3 is 19.5 Å². The number of aliphatic carboxylic acids is 1. The van der Waals surface area contributed by atoms with E-state index in [-0.39, 0.29) is 25.5 Å². The summed E-state index contributed by atoms with van der Waals surface area (Å²) in [5, 5.41) is 8.86. The van der Waals surface area contributed by atoms with E-state index >= 15 is 0 Å². The summed E-state index contributed by atoms with van der Waals surface area (Å²) in [5.74, 6) is -1.17. The first-order chi connectivity index (χ1) is 10.6. The van der Waals surface area contributed by atoms with Crippen LogP contribution >= 0.6 is 15.9 Å². The second-order valence-corrected chi connectivity index (χ2v) is 5.88. The van der Waals surface area contributed by atoms with Crippen molar-refractivity contribution >= 4 is 27.8 Å². The van der Waals surface area contributed by atoms with Crippen LogP contribution in [0.15, 0.2) is 28.7 Å². The Morgan fingerprint density at radius 1 is 1.36 bits per heavy atom. The highest BCUT2D eigenvalue weighted by molar-refractivity contribution is 9.10. The quantitative estimate of drug-likeness (QED) is 0.822. The van der Waals surface area contributed by atoms with E-state index in [1.807, 2.05) is 24.3 Å². The lowest BCUT2D eigenvalue weighted by Crippen LogP contribution is -2.45. The first-order valence-corrected chi connectivity index (χ1v) is 7.80. The zero-order chi connectivity index (χ0) is 15.9. The standard InChI is InChI=1S/C15H18BrNO5/c16-12-3-1-2-11(8-12)9-17(5-4-14(18)19)15(20)13-10-21-6-7-22-13/h1-3,8,13H,4-7,9-10H2,(H,18,19). The lowest BCUT2D eigenvalue weighted by molar-refractivity contribution is -0.159. The molecule has 6 nitrogen and oxygen atoms in total. The van der Waals surface area contributed by atoms with Crippen LogP contribution in [0.25, 0.3) is 0 Å². The highest BCUT2D eigenvalue weighted by atomic mass is 79.9. The Labute approximate surface area is 137 Å². The fourth-order valence-electron chi connectivity index (χ4n) is 2.19. The van der Waals surface area contributed by atoms with Crippen molar-refractivity contribution in [3.63, 3.8) is 0 Å². The van der Waals surface area contributed by atoms with Gasteiger partial charge in [-0.3, -0.25) is 9.59 Å². The minimum Gasteiger partial charge on any atom is -0.481 e. The van der Waals surface area contributed by atoms with Gasteiger partial charge in [-0.05, 0) is 17.7 Å². The second kappa shape index (κ2) is 8.26. The third kappa shape index (κ3) is 5.08. The largest absolute Gasteiger partial charge is 0.481 e. The number of hydrogen-bond acceptors (Lipinski definition) is 4. The lowest BCUT2D eigenvalue weighted by Gasteiger charge is -2.29. The number of amides is 1. The van der Waals surface area contributed by atoms with Crippen molar-refractivity contribution in [3.8, 4) is 0 Å². The molecule has 0 aliphatic carbocycles. The molecule has 1 amide bonds. The Morgan fingerprint density at radius 2 is 2.18 bits per heavy atom. The SMILES string of the molecule is O=C(O)CCN(Cc1cccc(Br)c1)C(=O)C1COCCO1. The molecule has 1 unspecified atom stereocenters. The van der Waals surface area contributed by atoms with E-state index in [1.54, 1.807) is 0 Å². The first-order valence-electron chi connectivity index (χ1n) is 7.00. The summed E-state index contributed by atoms with van der Waals surface area (Å²) in [6, 6.07) is 7.56. The van der Waals surface area contributed by atoms with Gasteiger partial charge in [-0.15, -0.1) is 0 Å². The molecule has 1 aromatic carbocycles. The monoisotopic (exact) mass is 371 g/mol. The smallest absolute Gasteiger partial charge is 0.305 e. The molecule has 120 valence electrons. The molecule has 0 aromatic heterocycles. The minimum absolute atomic E-state index is 0.104. The van der Waals surface area contributed by atoms with Crippen LogP contribution in [0, 0.1) is 0 Å². The molecule has 7 heteroatoms. The third-order valence-corrected chi connectivity index (χ3v) is 3.75. The van der Waals surface area contributed by atoms with E-state index in [2.05, 4.69) is 15.9 Å². The average molecular weight is 372 g/mol. The van der Waals surface area contributed by atoms with Gasteiger partial charge >= 0.3 is 5.97 Å². The van der Waals surface area contributed by atoms with Crippen LogP contribution in [0.4, 0.5) is 0 Å². The van der Waals surface area contributed by atoms with Gasteiger partial charge in [0, 0.05) is 17.6 Å². The van der Waals surface area contributed by atoms with E-state index in [9.17, 15) is 9.59 Å². The molecule has 0 spiro atoms. The van der Waals surface area contributed by atoms with Gasteiger partial charge in [0.05, 0.1) is 26.2 Å². The van der Waals surface area contributed by atoms with Crippen molar-refractivity contribution in [2.45, 2.75) is 19.1 Å². The van der Waals surface area contributed by atoms with Gasteiger partial charge in [-0.1, -0.05) is 28.1 Å². The summed E-state index contributed by atoms with van der Waals surface area (Å²) >= 11 is 3.39. The predicted molar refractivity (Wildman–Crippen MR) is 82.4 cm³/mol. The maximum atomic E-state index is 12.5. The van der Waals surface area contributed by atoms with Gasteiger partial charge in [0.1, 0.15) is 0 Å². The molecule has 0 radical (unpaired) electrons. The van der Waals surface area contributed by atoms with Crippen molar-refractivity contribution < 1.29 is 24.2 Å². The predicted octanol–water partition coefficient (Wildman–Crippen LogP) is 1.67. The van der Waals surface area contributed by atoms with Gasteiger partial charge in [0.2, 0.25) is 0 Å². The molecule has 0 bridgehead atoms. The summed E-state index contributed by atoms with van der Waals surface area (Å²) in [6.07, 6.45) is -0.762. The van der Waals surface area contributed by atoms with Crippen LogP contribution in [0.2, 0.25) is 0 Å². The first kappa shape index (κ1) is 16.9. The number of carboxylic acid groups (broad SMARTS) is 1. The molecular formula is C15H18BrNO5. The Hall–Kier alpha value is -1.44. The fourth-order valence-corrected chi connectivity index (χ4v) is 2.63. The van der Waals surface area contributed by atoms with Gasteiger partial charge in [0.15, 0.2) is 6.10 Å². The van der Waals surface area contributed by atoms with Crippen LogP contribution in [0.5, 0.6) is 0 Å². The molecule has 22 heavy (non-hydrogen) atoms. The number of nitrogens with zero attached hydrogens (tertiary/aromatic N) is 1. The molecule has 1 N–H and O–H groups in total. The normalized spacial score (nSPS) is 18.0. The van der Waals surface area contributed by atoms with Crippen LogP contribution in [-0.4, -0.2) is 54.4 Å². The Kier molecular flexibility index (Phi) is 6.35. The summed E-state index contributed by atoms with van der Waals surface area (Å²) in [7, 11) is 0. The molecule has 1 aliphatic heterocycles. The van der Waals surface area contributed by atoms with Gasteiger partial charge in [-0.25, -0.2) is 0 Å². The zero-order valence-electron chi connectivity index (χ0n) is 12.0. The molecule has 1 heterocycles. The molecule has 0 saturated carbocycles. The minimum atomic E-state index is -0.937. The van der Waals surface area contributed by atoms with Crippen molar-refractivity contribution in [1.29, 1.82) is 0 Å². The highest BCUT2D eigenvalue weighted by Gasteiger charge is 2.28. The number of hydrogen-bond donors (Lipinski definition) is 1. The maximum Gasteiger partial charge on any atom is 0.305 e. The fraction of sp³-hybridized carbons (Fsp3) is 0.467. The molecule has 1 aliphatic rings. The third-order valence-electron chi connectivity index (χ3n) is 3.26. The topological polar surface area (TPSA) is 76.1 Å². The Morgan fingerprint density at radius 3 is 2.82 bits per heavy atom. The number of carbonyl (C=O) groups is 2. The van der Waals surface area contributed by atoms with E-state index in [0.717, 1.165) is 10.0 Å². The van der Waals surface area contributed by atoms with E-state index < -0.39 is 12.1 Å². The van der Waals surface area contributed by atoms with Crippen molar-refractivity contribution in [2.24, 2.45) is 0 Å². The molecule has 1 aromatic rings. The average Bonchev–Trinajstić information content (AvgIpc) is 2.51. The van der Waals surface area contributed by atoms with E-state index in [1.165, 1.54) is 4.90 Å². The molecular weight excluding hydrogens is 354 g/mol. The second-order valence-electron chi connectivity index (χ2n) is 4.97. The molecule has 2 rings (SSSR count). The zero-order valence-corrected chi connectivity index (χ0v) is 13.6. The van der Waals surface area contributed by atoms with Crippen molar-refractivity contribution in [2.75, 3.05) is 26.4 Å². The molecule has 1 atom stereocenters. The Bertz CT molecular complexity index is 530. The van der Waals surface area contributed by atoms with Crippen molar-refractivity contribution in [3.05, 3.63) is 34.3 Å². The van der Waals surface area contributed by atoms with Gasteiger partial charge in [-0.2, -0.15) is 0 Å². The summed E-state index contributed by atoms with van der Waals surface area (Å²) in [4.78, 5) is 24.8.